The van der Waals surface area contributed by atoms with Crippen LogP contribution in [0.5, 0.6) is 5.75 Å². The van der Waals surface area contributed by atoms with Crippen molar-refractivity contribution in [1.29, 1.82) is 0 Å². The number of nitrogens with zero attached hydrogens (tertiary/aromatic N) is 1. The molecule has 27 heavy (non-hydrogen) atoms. The first kappa shape index (κ1) is 19.9. The topological polar surface area (TPSA) is 59.0 Å². The first-order valence-corrected chi connectivity index (χ1v) is 9.11. The van der Waals surface area contributed by atoms with Crippen LogP contribution in [0.3, 0.4) is 0 Å². The van der Waals surface area contributed by atoms with Crippen molar-refractivity contribution < 1.29 is 32.5 Å². The second-order valence-electron chi connectivity index (χ2n) is 7.56. The summed E-state index contributed by atoms with van der Waals surface area (Å²) in [6.07, 6.45) is -3.60. The SMILES string of the molecule is CC(C)O[C@H]1C[C@@]2(CC[C@@H]1O)CCN(c1ccc(OC(F)(F)F)cc1)C2=O. The highest BCUT2D eigenvalue weighted by Gasteiger charge is 2.51. The minimum Gasteiger partial charge on any atom is -0.406 e. The van der Waals surface area contributed by atoms with Gasteiger partial charge in [0.05, 0.1) is 23.7 Å². The maximum atomic E-state index is 13.1. The van der Waals surface area contributed by atoms with E-state index in [2.05, 4.69) is 4.74 Å². The molecule has 5 nitrogen and oxygen atoms in total. The molecule has 1 aliphatic heterocycles. The molecule has 1 saturated heterocycles. The molecule has 2 aliphatic rings. The fourth-order valence-electron chi connectivity index (χ4n) is 4.04. The number of halogens is 3. The fourth-order valence-corrected chi connectivity index (χ4v) is 4.04. The van der Waals surface area contributed by atoms with Crippen LogP contribution in [0, 0.1) is 5.41 Å². The molecule has 8 heteroatoms. The van der Waals surface area contributed by atoms with Gasteiger partial charge in [-0.1, -0.05) is 0 Å². The summed E-state index contributed by atoms with van der Waals surface area (Å²) in [7, 11) is 0. The monoisotopic (exact) mass is 387 g/mol. The van der Waals surface area contributed by atoms with Crippen molar-refractivity contribution in [3.8, 4) is 5.75 Å². The number of hydrogen-bond donors (Lipinski definition) is 1. The molecule has 1 aromatic carbocycles. The van der Waals surface area contributed by atoms with Gasteiger partial charge in [0.25, 0.3) is 0 Å². The number of benzene rings is 1. The molecule has 150 valence electrons. The lowest BCUT2D eigenvalue weighted by atomic mass is 9.70. The van der Waals surface area contributed by atoms with E-state index in [1.807, 2.05) is 13.8 Å². The van der Waals surface area contributed by atoms with Crippen LogP contribution in [0.2, 0.25) is 0 Å². The maximum Gasteiger partial charge on any atom is 0.573 e. The number of aliphatic hydroxyl groups excluding tert-OH is 1. The van der Waals surface area contributed by atoms with Crippen molar-refractivity contribution in [3.63, 3.8) is 0 Å². The average molecular weight is 387 g/mol. The Bertz CT molecular complexity index is 677. The second-order valence-corrected chi connectivity index (χ2v) is 7.56. The van der Waals surface area contributed by atoms with E-state index in [1.54, 1.807) is 4.90 Å². The van der Waals surface area contributed by atoms with Crippen LogP contribution in [-0.2, 0) is 9.53 Å². The van der Waals surface area contributed by atoms with Gasteiger partial charge in [-0.3, -0.25) is 4.79 Å². The number of hydrogen-bond acceptors (Lipinski definition) is 4. The molecule has 1 spiro atoms. The van der Waals surface area contributed by atoms with Crippen molar-refractivity contribution in [2.75, 3.05) is 11.4 Å². The van der Waals surface area contributed by atoms with Crippen LogP contribution in [0.4, 0.5) is 18.9 Å². The predicted octanol–water partition coefficient (Wildman–Crippen LogP) is 3.65. The molecule has 3 rings (SSSR count). The Kier molecular flexibility index (Phi) is 5.40. The van der Waals surface area contributed by atoms with Gasteiger partial charge >= 0.3 is 6.36 Å². The molecule has 1 N–H and O–H groups in total. The number of carbonyl (C=O) groups excluding carboxylic acids is 1. The highest BCUT2D eigenvalue weighted by atomic mass is 19.4. The lowest BCUT2D eigenvalue weighted by Gasteiger charge is -2.39. The zero-order chi connectivity index (χ0) is 19.8. The van der Waals surface area contributed by atoms with Gasteiger partial charge in [0, 0.05) is 12.2 Å². The number of ether oxygens (including phenoxy) is 2. The Morgan fingerprint density at radius 2 is 1.89 bits per heavy atom. The van der Waals surface area contributed by atoms with Crippen molar-refractivity contribution in [1.82, 2.24) is 0 Å². The molecule has 2 fully saturated rings. The van der Waals surface area contributed by atoms with Crippen LogP contribution in [0.25, 0.3) is 0 Å². The molecule has 0 aromatic heterocycles. The number of anilines is 1. The molecule has 1 aromatic rings. The quantitative estimate of drug-likeness (QED) is 0.857. The predicted molar refractivity (Wildman–Crippen MR) is 92.4 cm³/mol. The van der Waals surface area contributed by atoms with Gasteiger partial charge in [0.1, 0.15) is 5.75 Å². The smallest absolute Gasteiger partial charge is 0.406 e. The lowest BCUT2D eigenvalue weighted by molar-refractivity contribution is -0.274. The van der Waals surface area contributed by atoms with E-state index >= 15 is 0 Å². The molecule has 1 heterocycles. The van der Waals surface area contributed by atoms with Crippen LogP contribution in [0.1, 0.15) is 39.5 Å². The zero-order valence-electron chi connectivity index (χ0n) is 15.3. The third-order valence-electron chi connectivity index (χ3n) is 5.28. The van der Waals surface area contributed by atoms with Crippen LogP contribution in [0.15, 0.2) is 24.3 Å². The van der Waals surface area contributed by atoms with Gasteiger partial charge in [0.15, 0.2) is 0 Å². The van der Waals surface area contributed by atoms with Crippen molar-refractivity contribution in [2.24, 2.45) is 5.41 Å². The molecule has 1 aliphatic carbocycles. The largest absolute Gasteiger partial charge is 0.573 e. The standard InChI is InChI=1S/C19H24F3NO4/c1-12(2)26-16-11-18(8-7-15(16)24)9-10-23(17(18)25)13-3-5-14(6-4-13)27-19(20,21)22/h3-6,12,15-16,24H,7-11H2,1-2H3/t15-,16-,18+/m0/s1. The summed E-state index contributed by atoms with van der Waals surface area (Å²) in [5, 5.41) is 10.2. The number of rotatable bonds is 4. The highest BCUT2D eigenvalue weighted by Crippen LogP contribution is 2.47. The third kappa shape index (κ3) is 4.38. The van der Waals surface area contributed by atoms with E-state index < -0.39 is 17.9 Å². The van der Waals surface area contributed by atoms with Gasteiger partial charge in [-0.15, -0.1) is 13.2 Å². The molecular formula is C19H24F3NO4. The maximum absolute atomic E-state index is 13.1. The summed E-state index contributed by atoms with van der Waals surface area (Å²) in [6, 6.07) is 5.32. The van der Waals surface area contributed by atoms with Gasteiger partial charge < -0.3 is 19.5 Å². The summed E-state index contributed by atoms with van der Waals surface area (Å²) in [5.41, 5.74) is -0.0428. The second kappa shape index (κ2) is 7.31. The van der Waals surface area contributed by atoms with Gasteiger partial charge in [-0.2, -0.15) is 0 Å². The minimum atomic E-state index is -4.75. The summed E-state index contributed by atoms with van der Waals surface area (Å²) in [4.78, 5) is 14.7. The summed E-state index contributed by atoms with van der Waals surface area (Å²) in [5.74, 6) is -0.380. The van der Waals surface area contributed by atoms with E-state index in [9.17, 15) is 23.1 Å². The summed E-state index contributed by atoms with van der Waals surface area (Å²) in [6.45, 7) is 4.27. The van der Waals surface area contributed by atoms with Crippen LogP contribution in [-0.4, -0.2) is 42.2 Å². The summed E-state index contributed by atoms with van der Waals surface area (Å²) >= 11 is 0. The van der Waals surface area contributed by atoms with E-state index in [0.29, 0.717) is 37.9 Å². The Morgan fingerprint density at radius 3 is 2.48 bits per heavy atom. The van der Waals surface area contributed by atoms with Crippen molar-refractivity contribution >= 4 is 11.6 Å². The first-order valence-electron chi connectivity index (χ1n) is 9.11. The van der Waals surface area contributed by atoms with Gasteiger partial charge in [-0.05, 0) is 63.8 Å². The third-order valence-corrected chi connectivity index (χ3v) is 5.28. The number of alkyl halides is 3. The summed E-state index contributed by atoms with van der Waals surface area (Å²) < 4.78 is 46.5. The first-order chi connectivity index (χ1) is 12.6. The van der Waals surface area contributed by atoms with E-state index in [4.69, 9.17) is 4.74 Å². The molecule has 0 bridgehead atoms. The average Bonchev–Trinajstić information content (AvgIpc) is 2.87. The van der Waals surface area contributed by atoms with Crippen LogP contribution < -0.4 is 9.64 Å². The van der Waals surface area contributed by atoms with Gasteiger partial charge in [-0.25, -0.2) is 0 Å². The Morgan fingerprint density at radius 1 is 1.22 bits per heavy atom. The molecule has 3 atom stereocenters. The highest BCUT2D eigenvalue weighted by molar-refractivity contribution is 6.00. The molecule has 1 saturated carbocycles. The fraction of sp³-hybridized carbons (Fsp3) is 0.632. The Hall–Kier alpha value is -1.80. The van der Waals surface area contributed by atoms with Gasteiger partial charge in [0.2, 0.25) is 5.91 Å². The molecular weight excluding hydrogens is 363 g/mol. The number of aliphatic hydroxyl groups is 1. The Balaban J connectivity index is 1.72. The van der Waals surface area contributed by atoms with E-state index in [0.717, 1.165) is 0 Å². The molecule has 0 radical (unpaired) electrons. The number of carbonyl (C=O) groups is 1. The van der Waals surface area contributed by atoms with E-state index in [-0.39, 0.29) is 23.9 Å². The minimum absolute atomic E-state index is 0.0476. The molecule has 0 unspecified atom stereocenters. The van der Waals surface area contributed by atoms with Crippen molar-refractivity contribution in [2.45, 2.75) is 64.2 Å². The Labute approximate surface area is 156 Å². The lowest BCUT2D eigenvalue weighted by Crippen LogP contribution is -2.46. The zero-order valence-corrected chi connectivity index (χ0v) is 15.3. The number of amides is 1. The molecule has 1 amide bonds. The normalized spacial score (nSPS) is 29.0. The van der Waals surface area contributed by atoms with E-state index in [1.165, 1.54) is 24.3 Å². The van der Waals surface area contributed by atoms with Crippen molar-refractivity contribution in [3.05, 3.63) is 24.3 Å². The van der Waals surface area contributed by atoms with Crippen LogP contribution >= 0.6 is 0 Å².